The summed E-state index contributed by atoms with van der Waals surface area (Å²) in [5, 5.41) is 9.01. The molecule has 1 aromatic rings. The summed E-state index contributed by atoms with van der Waals surface area (Å²) in [5.41, 5.74) is 2.52. The number of hydrogen-bond donors (Lipinski definition) is 1. The van der Waals surface area contributed by atoms with Crippen molar-refractivity contribution in [1.29, 1.82) is 0 Å². The van der Waals surface area contributed by atoms with Crippen molar-refractivity contribution >= 4 is 23.3 Å². The number of amides is 2. The van der Waals surface area contributed by atoms with Crippen molar-refractivity contribution < 1.29 is 14.7 Å². The smallest absolute Gasteiger partial charge is 0.407 e. The van der Waals surface area contributed by atoms with Gasteiger partial charge >= 0.3 is 6.09 Å². The van der Waals surface area contributed by atoms with Crippen LogP contribution in [0.5, 0.6) is 0 Å². The lowest BCUT2D eigenvalue weighted by molar-refractivity contribution is 0.0560. The molecule has 1 atom stereocenters. The first-order valence-corrected chi connectivity index (χ1v) is 6.76. The van der Waals surface area contributed by atoms with E-state index in [0.717, 1.165) is 18.5 Å². The van der Waals surface area contributed by atoms with Crippen LogP contribution in [-0.4, -0.2) is 51.0 Å². The number of thiazole rings is 1. The first-order valence-electron chi connectivity index (χ1n) is 5.88. The van der Waals surface area contributed by atoms with Crippen LogP contribution in [0.4, 0.5) is 4.79 Å². The summed E-state index contributed by atoms with van der Waals surface area (Å²) in [6.45, 7) is 1.50. The standard InChI is InChI=1S/C11H13N3O3S/c15-10-9-8(12-6-18-9)5-14(10)7-2-1-3-13(4-7)11(16)17/h6-7H,1-5H2,(H,16,17). The molecule has 18 heavy (non-hydrogen) atoms. The van der Waals surface area contributed by atoms with Crippen molar-refractivity contribution in [3.05, 3.63) is 16.1 Å². The summed E-state index contributed by atoms with van der Waals surface area (Å²) in [6.07, 6.45) is 0.769. The quantitative estimate of drug-likeness (QED) is 0.830. The lowest BCUT2D eigenvalue weighted by Gasteiger charge is -2.36. The van der Waals surface area contributed by atoms with E-state index in [0.29, 0.717) is 24.5 Å². The van der Waals surface area contributed by atoms with E-state index in [9.17, 15) is 9.59 Å². The molecule has 0 aliphatic carbocycles. The van der Waals surface area contributed by atoms with E-state index in [2.05, 4.69) is 4.98 Å². The molecule has 1 fully saturated rings. The normalized spacial score (nSPS) is 23.3. The Morgan fingerprint density at radius 3 is 3.11 bits per heavy atom. The maximum absolute atomic E-state index is 12.2. The van der Waals surface area contributed by atoms with Gasteiger partial charge in [-0.2, -0.15) is 0 Å². The Labute approximate surface area is 108 Å². The Bertz CT molecular complexity index is 501. The molecule has 0 spiro atoms. The van der Waals surface area contributed by atoms with E-state index in [1.807, 2.05) is 0 Å². The molecule has 0 aromatic carbocycles. The summed E-state index contributed by atoms with van der Waals surface area (Å²) in [6, 6.07) is -0.0104. The lowest BCUT2D eigenvalue weighted by atomic mass is 10.0. The minimum atomic E-state index is -0.903. The fourth-order valence-corrected chi connectivity index (χ4v) is 3.35. The van der Waals surface area contributed by atoms with Crippen LogP contribution in [0.3, 0.4) is 0 Å². The third-order valence-corrected chi connectivity index (χ3v) is 4.38. The minimum Gasteiger partial charge on any atom is -0.465 e. The summed E-state index contributed by atoms with van der Waals surface area (Å²) >= 11 is 1.36. The van der Waals surface area contributed by atoms with E-state index < -0.39 is 6.09 Å². The maximum atomic E-state index is 12.2. The number of carbonyl (C=O) groups excluding carboxylic acids is 1. The predicted octanol–water partition coefficient (Wildman–Crippen LogP) is 1.24. The fourth-order valence-electron chi connectivity index (χ4n) is 2.60. The number of likely N-dealkylation sites (tertiary alicyclic amines) is 1. The monoisotopic (exact) mass is 267 g/mol. The first-order chi connectivity index (χ1) is 8.66. The highest BCUT2D eigenvalue weighted by Gasteiger charge is 2.37. The van der Waals surface area contributed by atoms with Gasteiger partial charge < -0.3 is 14.9 Å². The second-order valence-electron chi connectivity index (χ2n) is 4.59. The number of rotatable bonds is 1. The van der Waals surface area contributed by atoms with Crippen molar-refractivity contribution in [3.8, 4) is 0 Å². The van der Waals surface area contributed by atoms with Gasteiger partial charge in [0.1, 0.15) is 4.88 Å². The molecule has 1 saturated heterocycles. The lowest BCUT2D eigenvalue weighted by Crippen LogP contribution is -2.49. The van der Waals surface area contributed by atoms with E-state index >= 15 is 0 Å². The Morgan fingerprint density at radius 2 is 2.39 bits per heavy atom. The Morgan fingerprint density at radius 1 is 1.56 bits per heavy atom. The second-order valence-corrected chi connectivity index (χ2v) is 5.44. The number of carboxylic acid groups (broad SMARTS) is 1. The highest BCUT2D eigenvalue weighted by molar-refractivity contribution is 7.12. The van der Waals surface area contributed by atoms with Gasteiger partial charge in [-0.1, -0.05) is 0 Å². The molecule has 1 N–H and O–H groups in total. The fraction of sp³-hybridized carbons (Fsp3) is 0.545. The van der Waals surface area contributed by atoms with Gasteiger partial charge in [-0.3, -0.25) is 4.79 Å². The zero-order valence-corrected chi connectivity index (χ0v) is 10.5. The molecule has 3 rings (SSSR count). The number of nitrogens with zero attached hydrogens (tertiary/aromatic N) is 3. The largest absolute Gasteiger partial charge is 0.465 e. The van der Waals surface area contributed by atoms with Gasteiger partial charge in [0.25, 0.3) is 5.91 Å². The van der Waals surface area contributed by atoms with E-state index in [4.69, 9.17) is 5.11 Å². The Hall–Kier alpha value is -1.63. The van der Waals surface area contributed by atoms with Crippen molar-refractivity contribution in [2.45, 2.75) is 25.4 Å². The van der Waals surface area contributed by atoms with Gasteiger partial charge in [0.05, 0.1) is 23.8 Å². The number of carbonyl (C=O) groups is 2. The van der Waals surface area contributed by atoms with E-state index in [-0.39, 0.29) is 11.9 Å². The van der Waals surface area contributed by atoms with Crippen LogP contribution in [0.1, 0.15) is 28.2 Å². The molecule has 3 heterocycles. The molecule has 2 aliphatic heterocycles. The molecule has 96 valence electrons. The van der Waals surface area contributed by atoms with Gasteiger partial charge in [0, 0.05) is 13.1 Å². The average molecular weight is 267 g/mol. The van der Waals surface area contributed by atoms with Gasteiger partial charge in [-0.05, 0) is 12.8 Å². The van der Waals surface area contributed by atoms with Gasteiger partial charge in [-0.15, -0.1) is 11.3 Å². The van der Waals surface area contributed by atoms with Crippen LogP contribution < -0.4 is 0 Å². The molecule has 2 amide bonds. The highest BCUT2D eigenvalue weighted by Crippen LogP contribution is 2.29. The van der Waals surface area contributed by atoms with Crippen LogP contribution in [0.2, 0.25) is 0 Å². The van der Waals surface area contributed by atoms with Crippen LogP contribution in [0.15, 0.2) is 5.51 Å². The van der Waals surface area contributed by atoms with Crippen LogP contribution in [0.25, 0.3) is 0 Å². The number of aromatic nitrogens is 1. The molecular weight excluding hydrogens is 254 g/mol. The number of fused-ring (bicyclic) bond motifs is 1. The molecular formula is C11H13N3O3S. The predicted molar refractivity (Wildman–Crippen MR) is 64.6 cm³/mol. The maximum Gasteiger partial charge on any atom is 0.407 e. The molecule has 1 unspecified atom stereocenters. The summed E-state index contributed by atoms with van der Waals surface area (Å²) in [7, 11) is 0. The van der Waals surface area contributed by atoms with Crippen LogP contribution >= 0.6 is 11.3 Å². The average Bonchev–Trinajstić information content (AvgIpc) is 2.93. The molecule has 0 bridgehead atoms. The SMILES string of the molecule is O=C(O)N1CCCC(N2Cc3ncsc3C2=O)C1. The van der Waals surface area contributed by atoms with Crippen molar-refractivity contribution in [1.82, 2.24) is 14.8 Å². The zero-order chi connectivity index (χ0) is 12.7. The number of hydrogen-bond acceptors (Lipinski definition) is 4. The molecule has 2 aliphatic rings. The summed E-state index contributed by atoms with van der Waals surface area (Å²) in [4.78, 5) is 31.2. The van der Waals surface area contributed by atoms with Crippen molar-refractivity contribution in [2.75, 3.05) is 13.1 Å². The van der Waals surface area contributed by atoms with Gasteiger partial charge in [-0.25, -0.2) is 9.78 Å². The minimum absolute atomic E-state index is 0.00439. The molecule has 6 nitrogen and oxygen atoms in total. The van der Waals surface area contributed by atoms with Crippen molar-refractivity contribution in [3.63, 3.8) is 0 Å². The molecule has 1 aromatic heterocycles. The molecule has 0 saturated carbocycles. The zero-order valence-electron chi connectivity index (χ0n) is 9.70. The van der Waals surface area contributed by atoms with E-state index in [1.165, 1.54) is 16.2 Å². The second kappa shape index (κ2) is 4.24. The van der Waals surface area contributed by atoms with E-state index in [1.54, 1.807) is 10.4 Å². The first kappa shape index (κ1) is 11.5. The summed E-state index contributed by atoms with van der Waals surface area (Å²) < 4.78 is 0. The highest BCUT2D eigenvalue weighted by atomic mass is 32.1. The third kappa shape index (κ3) is 1.74. The summed E-state index contributed by atoms with van der Waals surface area (Å²) in [5.74, 6) is 0.00439. The number of piperidine rings is 1. The van der Waals surface area contributed by atoms with Gasteiger partial charge in [0.15, 0.2) is 0 Å². The molecule has 7 heteroatoms. The third-order valence-electron chi connectivity index (χ3n) is 3.52. The van der Waals surface area contributed by atoms with Crippen molar-refractivity contribution in [2.24, 2.45) is 0 Å². The topological polar surface area (TPSA) is 73.7 Å². The van der Waals surface area contributed by atoms with Gasteiger partial charge in [0.2, 0.25) is 0 Å². The Balaban J connectivity index is 1.75. The van der Waals surface area contributed by atoms with Crippen LogP contribution in [-0.2, 0) is 6.54 Å². The van der Waals surface area contributed by atoms with Crippen LogP contribution in [0, 0.1) is 0 Å². The molecule has 0 radical (unpaired) electrons. The Kier molecular flexibility index (Phi) is 2.70.